The predicted octanol–water partition coefficient (Wildman–Crippen LogP) is 2.73. The quantitative estimate of drug-likeness (QED) is 0.837. The number of aromatic nitrogens is 2. The summed E-state index contributed by atoms with van der Waals surface area (Å²) in [6.07, 6.45) is 0.500. The van der Waals surface area contributed by atoms with E-state index < -0.39 is 11.9 Å². The Balaban J connectivity index is 1.48. The van der Waals surface area contributed by atoms with Crippen molar-refractivity contribution in [2.45, 2.75) is 57.7 Å². The number of nitrogens with zero attached hydrogens (tertiary/aromatic N) is 3. The van der Waals surface area contributed by atoms with Crippen LogP contribution in [0.5, 0.6) is 0 Å². The third-order valence-corrected chi connectivity index (χ3v) is 4.95. The van der Waals surface area contributed by atoms with Gasteiger partial charge in [-0.05, 0) is 44.6 Å². The van der Waals surface area contributed by atoms with Crippen LogP contribution >= 0.6 is 0 Å². The fourth-order valence-electron chi connectivity index (χ4n) is 3.32. The summed E-state index contributed by atoms with van der Waals surface area (Å²) in [5, 5.41) is 3.36. The van der Waals surface area contributed by atoms with Crippen LogP contribution in [0.1, 0.15) is 49.3 Å². The van der Waals surface area contributed by atoms with Crippen molar-refractivity contribution in [3.63, 3.8) is 0 Å². The number of hydrogen-bond donors (Lipinski definition) is 1. The van der Waals surface area contributed by atoms with Crippen LogP contribution in [-0.4, -0.2) is 46.5 Å². The molecule has 0 bridgehead atoms. The number of nitrogens with one attached hydrogen (secondary N) is 1. The van der Waals surface area contributed by atoms with Gasteiger partial charge in [0.05, 0.1) is 0 Å². The number of carbonyl (C=O) groups is 1. The average molecular weight is 370 g/mol. The monoisotopic (exact) mass is 370 g/mol. The van der Waals surface area contributed by atoms with E-state index in [1.54, 1.807) is 6.92 Å². The van der Waals surface area contributed by atoms with Crippen LogP contribution in [0.2, 0.25) is 0 Å². The van der Waals surface area contributed by atoms with E-state index in [2.05, 4.69) is 15.3 Å². The molecule has 1 aliphatic heterocycles. The Bertz CT molecular complexity index is 646. The van der Waals surface area contributed by atoms with Gasteiger partial charge in [-0.1, -0.05) is 0 Å². The first-order chi connectivity index (χ1) is 12.3. The number of likely N-dealkylation sites (tertiary alicyclic amines) is 1. The van der Waals surface area contributed by atoms with Crippen molar-refractivity contribution in [2.75, 3.05) is 19.6 Å². The van der Waals surface area contributed by atoms with Gasteiger partial charge in [0.15, 0.2) is 0 Å². The zero-order chi connectivity index (χ0) is 18.7. The largest absolute Gasteiger partial charge is 0.433 e. The molecule has 2 heterocycles. The predicted molar refractivity (Wildman–Crippen MR) is 90.4 cm³/mol. The van der Waals surface area contributed by atoms with Crippen molar-refractivity contribution in [3.05, 3.63) is 23.3 Å². The molecule has 1 aromatic heterocycles. The Morgan fingerprint density at radius 2 is 2.00 bits per heavy atom. The molecule has 5 nitrogen and oxygen atoms in total. The average Bonchev–Trinajstić information content (AvgIpc) is 3.38. The molecule has 144 valence electrons. The van der Waals surface area contributed by atoms with Crippen molar-refractivity contribution in [1.82, 2.24) is 20.2 Å². The molecule has 0 radical (unpaired) electrons. The van der Waals surface area contributed by atoms with Gasteiger partial charge in [0.25, 0.3) is 0 Å². The molecular formula is C18H25F3N4O. The van der Waals surface area contributed by atoms with Gasteiger partial charge in [0.2, 0.25) is 5.91 Å². The van der Waals surface area contributed by atoms with Gasteiger partial charge in [0, 0.05) is 44.2 Å². The lowest BCUT2D eigenvalue weighted by molar-refractivity contribution is -0.141. The second kappa shape index (κ2) is 7.90. The number of aryl methyl sites for hydroxylation is 1. The summed E-state index contributed by atoms with van der Waals surface area (Å²) in [6, 6.07) is 1.16. The first-order valence-electron chi connectivity index (χ1n) is 9.24. The Labute approximate surface area is 151 Å². The highest BCUT2D eigenvalue weighted by Crippen LogP contribution is 2.30. The molecule has 8 heteroatoms. The second-order valence-electron chi connectivity index (χ2n) is 7.32. The van der Waals surface area contributed by atoms with Gasteiger partial charge in [-0.25, -0.2) is 9.97 Å². The SMILES string of the molecule is Cc1cc(C(F)(F)F)nc(CCN[C@@H]2CCC(=O)N(CC3CC3)CC2)n1. The molecule has 0 unspecified atom stereocenters. The van der Waals surface area contributed by atoms with E-state index in [9.17, 15) is 18.0 Å². The summed E-state index contributed by atoms with van der Waals surface area (Å²) in [4.78, 5) is 21.9. The van der Waals surface area contributed by atoms with E-state index in [-0.39, 0.29) is 17.8 Å². The first kappa shape index (κ1) is 19.1. The highest BCUT2D eigenvalue weighted by molar-refractivity contribution is 5.76. The maximum Gasteiger partial charge on any atom is 0.433 e. The highest BCUT2D eigenvalue weighted by atomic mass is 19.4. The van der Waals surface area contributed by atoms with Gasteiger partial charge < -0.3 is 10.2 Å². The minimum Gasteiger partial charge on any atom is -0.342 e. The van der Waals surface area contributed by atoms with Gasteiger partial charge in [0.1, 0.15) is 11.5 Å². The van der Waals surface area contributed by atoms with E-state index in [1.165, 1.54) is 12.8 Å². The molecule has 0 spiro atoms. The molecule has 1 atom stereocenters. The molecule has 0 aromatic carbocycles. The summed E-state index contributed by atoms with van der Waals surface area (Å²) in [5.74, 6) is 1.10. The Kier molecular flexibility index (Phi) is 5.79. The maximum absolute atomic E-state index is 12.8. The number of carbonyl (C=O) groups excluding carboxylic acids is 1. The molecule has 1 aromatic rings. The molecule has 1 saturated heterocycles. The highest BCUT2D eigenvalue weighted by Gasteiger charge is 2.33. The van der Waals surface area contributed by atoms with Crippen LogP contribution in [0.4, 0.5) is 13.2 Å². The van der Waals surface area contributed by atoms with E-state index in [4.69, 9.17) is 0 Å². The smallest absolute Gasteiger partial charge is 0.342 e. The van der Waals surface area contributed by atoms with Crippen LogP contribution in [0.3, 0.4) is 0 Å². The van der Waals surface area contributed by atoms with Crippen molar-refractivity contribution >= 4 is 5.91 Å². The van der Waals surface area contributed by atoms with Crippen molar-refractivity contribution in [2.24, 2.45) is 5.92 Å². The lowest BCUT2D eigenvalue weighted by Gasteiger charge is -2.20. The number of rotatable bonds is 6. The number of amides is 1. The molecule has 1 N–H and O–H groups in total. The summed E-state index contributed by atoms with van der Waals surface area (Å²) < 4.78 is 38.5. The number of alkyl halides is 3. The summed E-state index contributed by atoms with van der Waals surface area (Å²) >= 11 is 0. The molecule has 1 saturated carbocycles. The topological polar surface area (TPSA) is 58.1 Å². The van der Waals surface area contributed by atoms with Crippen LogP contribution in [0.25, 0.3) is 0 Å². The van der Waals surface area contributed by atoms with Crippen molar-refractivity contribution in [1.29, 1.82) is 0 Å². The number of halogens is 3. The standard InChI is InChI=1S/C18H25F3N4O/c1-12-10-15(18(19,20)21)24-16(23-12)6-8-22-14-4-5-17(26)25(9-7-14)11-13-2-3-13/h10,13-14,22H,2-9,11H2,1H3/t14-/m1/s1. The fraction of sp³-hybridized carbons (Fsp3) is 0.722. The molecule has 26 heavy (non-hydrogen) atoms. The van der Waals surface area contributed by atoms with Gasteiger partial charge in [-0.15, -0.1) is 0 Å². The Hall–Kier alpha value is -1.70. The Morgan fingerprint density at radius 1 is 1.23 bits per heavy atom. The van der Waals surface area contributed by atoms with E-state index >= 15 is 0 Å². The van der Waals surface area contributed by atoms with E-state index in [0.717, 1.165) is 32.0 Å². The van der Waals surface area contributed by atoms with Crippen molar-refractivity contribution < 1.29 is 18.0 Å². The van der Waals surface area contributed by atoms with Crippen LogP contribution < -0.4 is 5.32 Å². The zero-order valence-corrected chi connectivity index (χ0v) is 15.0. The summed E-state index contributed by atoms with van der Waals surface area (Å²) in [7, 11) is 0. The second-order valence-corrected chi connectivity index (χ2v) is 7.32. The van der Waals surface area contributed by atoms with E-state index in [1.807, 2.05) is 4.90 Å². The molecular weight excluding hydrogens is 345 g/mol. The number of hydrogen-bond acceptors (Lipinski definition) is 4. The molecule has 1 aliphatic carbocycles. The van der Waals surface area contributed by atoms with Crippen LogP contribution in [-0.2, 0) is 17.4 Å². The lowest BCUT2D eigenvalue weighted by Crippen LogP contribution is -2.34. The Morgan fingerprint density at radius 3 is 2.69 bits per heavy atom. The zero-order valence-electron chi connectivity index (χ0n) is 15.0. The summed E-state index contributed by atoms with van der Waals surface area (Å²) in [5.41, 5.74) is -0.575. The third kappa shape index (κ3) is 5.40. The normalized spacial score (nSPS) is 21.8. The molecule has 2 fully saturated rings. The third-order valence-electron chi connectivity index (χ3n) is 4.95. The fourth-order valence-corrected chi connectivity index (χ4v) is 3.32. The molecule has 1 amide bonds. The summed E-state index contributed by atoms with van der Waals surface area (Å²) in [6.45, 7) is 3.68. The molecule has 2 aliphatic rings. The lowest BCUT2D eigenvalue weighted by atomic mass is 10.1. The van der Waals surface area contributed by atoms with Crippen molar-refractivity contribution in [3.8, 4) is 0 Å². The van der Waals surface area contributed by atoms with Crippen LogP contribution in [0, 0.1) is 12.8 Å². The van der Waals surface area contributed by atoms with Gasteiger partial charge >= 0.3 is 6.18 Å². The van der Waals surface area contributed by atoms with Gasteiger partial charge in [-0.2, -0.15) is 13.2 Å². The first-order valence-corrected chi connectivity index (χ1v) is 9.24. The minimum absolute atomic E-state index is 0.199. The molecule has 3 rings (SSSR count). The van der Waals surface area contributed by atoms with Crippen LogP contribution in [0.15, 0.2) is 6.07 Å². The van der Waals surface area contributed by atoms with Gasteiger partial charge in [-0.3, -0.25) is 4.79 Å². The van der Waals surface area contributed by atoms with E-state index in [0.29, 0.717) is 31.0 Å². The maximum atomic E-state index is 12.8. The minimum atomic E-state index is -4.46.